The van der Waals surface area contributed by atoms with Gasteiger partial charge in [0.25, 0.3) is 0 Å². The van der Waals surface area contributed by atoms with Crippen molar-refractivity contribution < 1.29 is 9.53 Å². The van der Waals surface area contributed by atoms with Crippen LogP contribution in [0.15, 0.2) is 5.10 Å². The first kappa shape index (κ1) is 16.2. The molecule has 24 heavy (non-hydrogen) atoms. The molecule has 0 aromatic rings. The first-order valence-corrected chi connectivity index (χ1v) is 8.82. The molecule has 0 bridgehead atoms. The number of rotatable bonds is 2. The van der Waals surface area contributed by atoms with E-state index in [0.29, 0.717) is 24.2 Å². The molecule has 4 rings (SSSR count). The van der Waals surface area contributed by atoms with Crippen LogP contribution in [0.4, 0.5) is 0 Å². The van der Waals surface area contributed by atoms with Crippen LogP contribution < -0.4 is 32.9 Å². The van der Waals surface area contributed by atoms with Gasteiger partial charge in [0, 0.05) is 24.4 Å². The van der Waals surface area contributed by atoms with Gasteiger partial charge in [-0.25, -0.2) is 5.53 Å². The quantitative estimate of drug-likeness (QED) is 0.354. The number of hydrogen-bond acceptors (Lipinski definition) is 9. The van der Waals surface area contributed by atoms with Crippen LogP contribution in [0.2, 0.25) is 0 Å². The van der Waals surface area contributed by atoms with Crippen molar-refractivity contribution in [2.24, 2.45) is 34.5 Å². The third-order valence-corrected chi connectivity index (χ3v) is 5.83. The van der Waals surface area contributed by atoms with E-state index in [4.69, 9.17) is 10.5 Å². The molecule has 0 amide bonds. The molecule has 0 aliphatic carbocycles. The summed E-state index contributed by atoms with van der Waals surface area (Å²) in [5.41, 5.74) is 14.6. The number of Topliss-reactive ketones (excluding diaryl/α,β-unsaturated/α-hetero) is 1. The lowest BCUT2D eigenvalue weighted by atomic mass is 9.72. The normalized spacial score (nSPS) is 45.1. The second-order valence-electron chi connectivity index (χ2n) is 7.60. The van der Waals surface area contributed by atoms with Crippen molar-refractivity contribution in [3.63, 3.8) is 0 Å². The van der Waals surface area contributed by atoms with Gasteiger partial charge in [0.05, 0.1) is 18.2 Å². The van der Waals surface area contributed by atoms with Crippen molar-refractivity contribution >= 4 is 11.6 Å². The maximum absolute atomic E-state index is 13.1. The Morgan fingerprint density at radius 1 is 1.25 bits per heavy atom. The van der Waals surface area contributed by atoms with E-state index in [0.717, 1.165) is 18.8 Å². The molecule has 0 radical (unpaired) electrons. The minimum Gasteiger partial charge on any atom is -0.357 e. The summed E-state index contributed by atoms with van der Waals surface area (Å²) < 4.78 is 6.21. The maximum atomic E-state index is 13.1. The number of amidine groups is 1. The Balaban J connectivity index is 1.51. The molecule has 3 saturated heterocycles. The van der Waals surface area contributed by atoms with Gasteiger partial charge < -0.3 is 15.8 Å². The van der Waals surface area contributed by atoms with Gasteiger partial charge in [0.15, 0.2) is 0 Å². The van der Waals surface area contributed by atoms with Crippen LogP contribution >= 0.6 is 0 Å². The van der Waals surface area contributed by atoms with Crippen LogP contribution in [0.1, 0.15) is 26.7 Å². The average molecular weight is 337 g/mol. The van der Waals surface area contributed by atoms with E-state index in [9.17, 15) is 4.79 Å². The van der Waals surface area contributed by atoms with E-state index in [1.807, 2.05) is 0 Å². The fourth-order valence-electron chi connectivity index (χ4n) is 4.36. The molecule has 9 heteroatoms. The number of nitrogens with one attached hydrogen (secondary N) is 5. The maximum Gasteiger partial charge on any atom is 0.145 e. The number of hydrogen-bond donors (Lipinski definition) is 6. The lowest BCUT2D eigenvalue weighted by Crippen LogP contribution is -2.68. The molecule has 0 saturated carbocycles. The van der Waals surface area contributed by atoms with Gasteiger partial charge in [-0.05, 0) is 18.8 Å². The molecule has 7 N–H and O–H groups in total. The topological polar surface area (TPSA) is 125 Å². The summed E-state index contributed by atoms with van der Waals surface area (Å²) in [7, 11) is 0. The Hall–Kier alpha value is -1.26. The smallest absolute Gasteiger partial charge is 0.145 e. The van der Waals surface area contributed by atoms with Crippen LogP contribution in [0.3, 0.4) is 0 Å². The molecule has 4 heterocycles. The highest BCUT2D eigenvalue weighted by atomic mass is 16.5. The minimum absolute atomic E-state index is 0.0219. The van der Waals surface area contributed by atoms with E-state index in [-0.39, 0.29) is 36.3 Å². The first-order valence-electron chi connectivity index (χ1n) is 8.82. The Labute approximate surface area is 141 Å². The zero-order chi connectivity index (χ0) is 16.8. The van der Waals surface area contributed by atoms with Crippen LogP contribution in [0.25, 0.3) is 0 Å². The fourth-order valence-corrected chi connectivity index (χ4v) is 4.36. The number of ether oxygens (including phenoxy) is 1. The van der Waals surface area contributed by atoms with Gasteiger partial charge in [-0.3, -0.25) is 15.5 Å². The Bertz CT molecular complexity index is 540. The number of nitrogens with two attached hydrogens (primary N) is 1. The Kier molecular flexibility index (Phi) is 4.21. The Morgan fingerprint density at radius 3 is 2.79 bits per heavy atom. The van der Waals surface area contributed by atoms with Crippen molar-refractivity contribution in [3.8, 4) is 0 Å². The molecular weight excluding hydrogens is 310 g/mol. The van der Waals surface area contributed by atoms with E-state index in [2.05, 4.69) is 46.1 Å². The number of fused-ring (bicyclic) bond motifs is 2. The monoisotopic (exact) mass is 337 g/mol. The first-order chi connectivity index (χ1) is 11.5. The molecule has 7 atom stereocenters. The molecule has 7 unspecified atom stereocenters. The van der Waals surface area contributed by atoms with Gasteiger partial charge in [-0.1, -0.05) is 13.8 Å². The van der Waals surface area contributed by atoms with Crippen LogP contribution in [-0.4, -0.2) is 42.7 Å². The lowest BCUT2D eigenvalue weighted by Gasteiger charge is -2.49. The molecule has 3 fully saturated rings. The predicted octanol–water partition coefficient (Wildman–Crippen LogP) is -1.65. The largest absolute Gasteiger partial charge is 0.357 e. The predicted molar refractivity (Wildman–Crippen MR) is 88.0 cm³/mol. The van der Waals surface area contributed by atoms with Gasteiger partial charge in [0.1, 0.15) is 17.8 Å². The molecule has 0 aromatic carbocycles. The second kappa shape index (κ2) is 6.23. The highest BCUT2D eigenvalue weighted by Crippen LogP contribution is 2.38. The van der Waals surface area contributed by atoms with Crippen LogP contribution in [0, 0.1) is 23.7 Å². The molecule has 4 aliphatic heterocycles. The van der Waals surface area contributed by atoms with E-state index >= 15 is 0 Å². The van der Waals surface area contributed by atoms with Gasteiger partial charge in [-0.15, -0.1) is 10.6 Å². The zero-order valence-corrected chi connectivity index (χ0v) is 14.1. The van der Waals surface area contributed by atoms with Crippen LogP contribution in [0.5, 0.6) is 0 Å². The zero-order valence-electron chi connectivity index (χ0n) is 14.1. The van der Waals surface area contributed by atoms with Crippen molar-refractivity contribution in [3.05, 3.63) is 0 Å². The van der Waals surface area contributed by atoms with E-state index < -0.39 is 0 Å². The van der Waals surface area contributed by atoms with Crippen molar-refractivity contribution in [1.29, 1.82) is 0 Å². The van der Waals surface area contributed by atoms with Crippen molar-refractivity contribution in [1.82, 2.24) is 27.1 Å². The molecule has 9 nitrogen and oxygen atoms in total. The molecule has 4 aliphatic rings. The van der Waals surface area contributed by atoms with Gasteiger partial charge >= 0.3 is 0 Å². The number of hydrazone groups is 1. The fraction of sp³-hybridized carbons (Fsp3) is 0.867. The third kappa shape index (κ3) is 2.70. The summed E-state index contributed by atoms with van der Waals surface area (Å²) in [5, 5.41) is 10.9. The number of carbonyl (C=O) groups excluding carboxylic acids is 1. The summed E-state index contributed by atoms with van der Waals surface area (Å²) in [5.74, 6) is 1.30. The third-order valence-electron chi connectivity index (χ3n) is 5.83. The number of nitrogens with zero attached hydrogens (tertiary/aromatic N) is 1. The number of piperidine rings is 2. The van der Waals surface area contributed by atoms with Crippen molar-refractivity contribution in [2.45, 2.75) is 51.2 Å². The number of hydrazine groups is 2. The van der Waals surface area contributed by atoms with Gasteiger partial charge in [0.2, 0.25) is 0 Å². The van der Waals surface area contributed by atoms with E-state index in [1.165, 1.54) is 0 Å². The summed E-state index contributed by atoms with van der Waals surface area (Å²) in [6, 6.07) is 0.374. The molecular formula is C15H27N7O2. The summed E-state index contributed by atoms with van der Waals surface area (Å²) in [6.07, 6.45) is 0.836. The lowest BCUT2D eigenvalue weighted by molar-refractivity contribution is -0.176. The SMILES string of the molecule is CC(C)C1CC2C(=O)C3CC(C4=NNNN4)C(N)NC3OC2CN1. The summed E-state index contributed by atoms with van der Waals surface area (Å²) in [4.78, 5) is 13.1. The molecule has 134 valence electrons. The van der Waals surface area contributed by atoms with Crippen molar-refractivity contribution in [2.75, 3.05) is 6.54 Å². The molecule has 0 aromatic heterocycles. The highest BCUT2D eigenvalue weighted by Gasteiger charge is 2.51. The number of carbonyl (C=O) groups is 1. The highest BCUT2D eigenvalue weighted by molar-refractivity contribution is 5.89. The number of ketones is 1. The standard InChI is InChI=1S/C15H27N7O2/c1-6(2)10-4-7-11(5-17-10)24-15-8(12(7)23)3-9(13(16)18-15)14-19-21-22-20-14/h6-11,13,15,17-18,21-22H,3-5,16H2,1-2H3,(H,19,20). The average Bonchev–Trinajstić information content (AvgIpc) is 3.08. The summed E-state index contributed by atoms with van der Waals surface area (Å²) in [6.45, 7) is 5.11. The van der Waals surface area contributed by atoms with Crippen LogP contribution in [-0.2, 0) is 9.53 Å². The Morgan fingerprint density at radius 2 is 2.08 bits per heavy atom. The molecule has 0 spiro atoms. The van der Waals surface area contributed by atoms with E-state index in [1.54, 1.807) is 0 Å². The summed E-state index contributed by atoms with van der Waals surface area (Å²) >= 11 is 0. The minimum atomic E-state index is -0.302. The van der Waals surface area contributed by atoms with Gasteiger partial charge in [-0.2, -0.15) is 0 Å². The second-order valence-corrected chi connectivity index (χ2v) is 7.60.